The van der Waals surface area contributed by atoms with E-state index in [1.165, 1.54) is 14.0 Å². The first-order valence-corrected chi connectivity index (χ1v) is 11.0. The van der Waals surface area contributed by atoms with Crippen molar-refractivity contribution < 1.29 is 24.2 Å². The summed E-state index contributed by atoms with van der Waals surface area (Å²) in [6, 6.07) is 5.59. The first kappa shape index (κ1) is 20.5. The third-order valence-electron chi connectivity index (χ3n) is 8.17. The van der Waals surface area contributed by atoms with E-state index in [4.69, 9.17) is 9.47 Å². The summed E-state index contributed by atoms with van der Waals surface area (Å²) >= 11 is 0. The van der Waals surface area contributed by atoms with Crippen molar-refractivity contribution >= 4 is 17.6 Å². The summed E-state index contributed by atoms with van der Waals surface area (Å²) in [6.07, 6.45) is 4.48. The molecule has 166 valence electrons. The Balaban J connectivity index is 1.84. The Morgan fingerprint density at radius 1 is 1.35 bits per heavy atom. The second-order valence-electron chi connectivity index (χ2n) is 9.49. The van der Waals surface area contributed by atoms with Gasteiger partial charge >= 0.3 is 11.9 Å². The highest BCUT2D eigenvalue weighted by Gasteiger charge is 2.79. The molecule has 2 fully saturated rings. The summed E-state index contributed by atoms with van der Waals surface area (Å²) in [6.45, 7) is 7.02. The van der Waals surface area contributed by atoms with Gasteiger partial charge in [0, 0.05) is 36.0 Å². The lowest BCUT2D eigenvalue weighted by Crippen LogP contribution is -2.80. The largest absolute Gasteiger partial charge is 0.467 e. The Bertz CT molecular complexity index is 992. The molecule has 2 N–H and O–H groups in total. The lowest BCUT2D eigenvalue weighted by Gasteiger charge is -2.62. The molecular formula is C24H30N2O5. The molecule has 4 aliphatic rings. The summed E-state index contributed by atoms with van der Waals surface area (Å²) in [5.41, 5.74) is -0.140. The maximum atomic E-state index is 13.3. The smallest absolute Gasteiger partial charge is 0.344 e. The number of hydrogen-bond donors (Lipinski definition) is 2. The first-order chi connectivity index (χ1) is 14.8. The summed E-state index contributed by atoms with van der Waals surface area (Å²) in [5.74, 6) is -1.30. The topological polar surface area (TPSA) is 88.1 Å². The zero-order chi connectivity index (χ0) is 22.2. The normalized spacial score (nSPS) is 39.8. The van der Waals surface area contributed by atoms with Crippen LogP contribution in [0.2, 0.25) is 0 Å². The molecule has 1 saturated carbocycles. The molecule has 2 unspecified atom stereocenters. The minimum absolute atomic E-state index is 0.0225. The minimum atomic E-state index is -2.04. The van der Waals surface area contributed by atoms with Crippen molar-refractivity contribution in [3.8, 4) is 0 Å². The van der Waals surface area contributed by atoms with Crippen LogP contribution in [0.15, 0.2) is 30.4 Å². The zero-order valence-corrected chi connectivity index (χ0v) is 18.5. The number of hydrogen-bond acceptors (Lipinski definition) is 7. The van der Waals surface area contributed by atoms with Crippen LogP contribution < -0.4 is 5.32 Å². The lowest BCUT2D eigenvalue weighted by molar-refractivity contribution is -0.226. The summed E-state index contributed by atoms with van der Waals surface area (Å²) < 4.78 is 11.0. The van der Waals surface area contributed by atoms with E-state index in [1.54, 1.807) is 0 Å². The fraction of sp³-hybridized carbons (Fsp3) is 0.583. The van der Waals surface area contributed by atoms with Crippen LogP contribution in [0.25, 0.3) is 0 Å². The number of esters is 2. The highest BCUT2D eigenvalue weighted by molar-refractivity contribution is 5.86. The van der Waals surface area contributed by atoms with Gasteiger partial charge in [0.05, 0.1) is 13.2 Å². The van der Waals surface area contributed by atoms with Crippen LogP contribution in [0, 0.1) is 12.3 Å². The standard InChI is InChI=1S/C24H30N2O5/c1-5-22-9-6-11-26-12-10-23(19(22)26)16-8-7-14(2)13-17(16)25-18(23)24(29,21(28)30-4)20(22)31-15(3)27/h6-9,13,18-20,25,29H,5,10-12H2,1-4H3/t18?,19-,20+,22+,23-,24?/m0/s1. The van der Waals surface area contributed by atoms with E-state index >= 15 is 0 Å². The number of ether oxygens (including phenoxy) is 2. The predicted octanol–water partition coefficient (Wildman–Crippen LogP) is 1.92. The Kier molecular flexibility index (Phi) is 4.34. The Morgan fingerprint density at radius 2 is 2.13 bits per heavy atom. The van der Waals surface area contributed by atoms with Crippen molar-refractivity contribution in [3.63, 3.8) is 0 Å². The molecule has 0 bridgehead atoms. The molecule has 7 heteroatoms. The van der Waals surface area contributed by atoms with Gasteiger partial charge in [-0.25, -0.2) is 4.79 Å². The van der Waals surface area contributed by atoms with E-state index in [1.807, 2.05) is 13.8 Å². The number of anilines is 1. The number of fused-ring (bicyclic) bond motifs is 1. The van der Waals surface area contributed by atoms with Crippen LogP contribution >= 0.6 is 0 Å². The molecule has 1 saturated heterocycles. The average Bonchev–Trinajstić information content (AvgIpc) is 3.30. The number of carbonyl (C=O) groups is 2. The highest BCUT2D eigenvalue weighted by atomic mass is 16.6. The van der Waals surface area contributed by atoms with Gasteiger partial charge in [-0.3, -0.25) is 9.69 Å². The molecular weight excluding hydrogens is 396 g/mol. The fourth-order valence-electron chi connectivity index (χ4n) is 7.19. The summed E-state index contributed by atoms with van der Waals surface area (Å²) in [5, 5.41) is 15.7. The first-order valence-electron chi connectivity index (χ1n) is 11.0. The number of benzene rings is 1. The minimum Gasteiger partial charge on any atom is -0.467 e. The molecule has 31 heavy (non-hydrogen) atoms. The molecule has 0 radical (unpaired) electrons. The fourth-order valence-corrected chi connectivity index (χ4v) is 7.19. The molecule has 0 amide bonds. The number of aliphatic hydroxyl groups is 1. The van der Waals surface area contributed by atoms with Crippen molar-refractivity contribution in [1.29, 1.82) is 0 Å². The molecule has 1 spiro atoms. The molecule has 6 atom stereocenters. The van der Waals surface area contributed by atoms with Gasteiger partial charge in [0.25, 0.3) is 0 Å². The quantitative estimate of drug-likeness (QED) is 0.564. The maximum Gasteiger partial charge on any atom is 0.344 e. The molecule has 1 aliphatic carbocycles. The number of nitrogens with zero attached hydrogens (tertiary/aromatic N) is 1. The molecule has 1 aromatic carbocycles. The van der Waals surface area contributed by atoms with E-state index in [2.05, 4.69) is 40.6 Å². The molecule has 0 aromatic heterocycles. The Morgan fingerprint density at radius 3 is 2.81 bits per heavy atom. The van der Waals surface area contributed by atoms with Crippen molar-refractivity contribution in [2.24, 2.45) is 5.41 Å². The summed E-state index contributed by atoms with van der Waals surface area (Å²) in [7, 11) is 1.27. The SMILES string of the molecule is CC[C@]12C=CCN3CC[C@@]4(c5ccc(C)cc5NC4C(O)(C(=O)OC)[C@@H]1OC(C)=O)[C@@H]32. The summed E-state index contributed by atoms with van der Waals surface area (Å²) in [4.78, 5) is 28.0. The van der Waals surface area contributed by atoms with Crippen LogP contribution in [0.5, 0.6) is 0 Å². The van der Waals surface area contributed by atoms with Gasteiger partial charge in [-0.1, -0.05) is 31.2 Å². The van der Waals surface area contributed by atoms with E-state index < -0.39 is 40.5 Å². The van der Waals surface area contributed by atoms with Crippen molar-refractivity contribution in [2.75, 3.05) is 25.5 Å². The van der Waals surface area contributed by atoms with Crippen molar-refractivity contribution in [1.82, 2.24) is 4.90 Å². The Labute approximate surface area is 182 Å². The van der Waals surface area contributed by atoms with Crippen LogP contribution in [0.3, 0.4) is 0 Å². The monoisotopic (exact) mass is 426 g/mol. The van der Waals surface area contributed by atoms with E-state index in [9.17, 15) is 14.7 Å². The molecule has 3 aliphatic heterocycles. The van der Waals surface area contributed by atoms with Gasteiger partial charge < -0.3 is 19.9 Å². The predicted molar refractivity (Wildman–Crippen MR) is 115 cm³/mol. The number of methoxy groups -OCH3 is 1. The number of carbonyl (C=O) groups excluding carboxylic acids is 2. The second-order valence-corrected chi connectivity index (χ2v) is 9.49. The van der Waals surface area contributed by atoms with E-state index in [0.29, 0.717) is 6.42 Å². The highest BCUT2D eigenvalue weighted by Crippen LogP contribution is 2.65. The van der Waals surface area contributed by atoms with Crippen LogP contribution in [0.1, 0.15) is 37.8 Å². The number of rotatable bonds is 3. The average molecular weight is 427 g/mol. The van der Waals surface area contributed by atoms with Gasteiger partial charge in [-0.05, 0) is 43.5 Å². The third-order valence-corrected chi connectivity index (χ3v) is 8.17. The number of nitrogens with one attached hydrogen (secondary N) is 1. The molecule has 5 rings (SSSR count). The Hall–Kier alpha value is -2.38. The van der Waals surface area contributed by atoms with Gasteiger partial charge in [0.15, 0.2) is 6.10 Å². The van der Waals surface area contributed by atoms with Gasteiger partial charge in [0.1, 0.15) is 0 Å². The molecule has 1 aromatic rings. The van der Waals surface area contributed by atoms with Gasteiger partial charge in [-0.15, -0.1) is 0 Å². The number of aryl methyl sites for hydroxylation is 1. The van der Waals surface area contributed by atoms with Gasteiger partial charge in [0.2, 0.25) is 5.60 Å². The van der Waals surface area contributed by atoms with Crippen LogP contribution in [-0.2, 0) is 24.5 Å². The van der Waals surface area contributed by atoms with Crippen molar-refractivity contribution in [2.45, 2.75) is 62.8 Å². The van der Waals surface area contributed by atoms with Gasteiger partial charge in [-0.2, -0.15) is 0 Å². The molecule has 3 heterocycles. The second kappa shape index (κ2) is 6.56. The third kappa shape index (κ3) is 2.31. The van der Waals surface area contributed by atoms with E-state index in [0.717, 1.165) is 36.3 Å². The van der Waals surface area contributed by atoms with Crippen LogP contribution in [0.4, 0.5) is 5.69 Å². The zero-order valence-electron chi connectivity index (χ0n) is 18.5. The lowest BCUT2D eigenvalue weighted by atomic mass is 9.48. The van der Waals surface area contributed by atoms with Crippen molar-refractivity contribution in [3.05, 3.63) is 41.5 Å². The van der Waals surface area contributed by atoms with E-state index in [-0.39, 0.29) is 6.04 Å². The molecule has 7 nitrogen and oxygen atoms in total. The van der Waals surface area contributed by atoms with Crippen LogP contribution in [-0.4, -0.2) is 65.9 Å². The maximum absolute atomic E-state index is 13.3.